The number of aromatic hydroxyl groups is 1. The Bertz CT molecular complexity index is 931. The smallest absolute Gasteiger partial charge is 0.425 e. The summed E-state index contributed by atoms with van der Waals surface area (Å²) in [5.41, 5.74) is 1.97. The summed E-state index contributed by atoms with van der Waals surface area (Å²) in [6, 6.07) is 19.1. The first-order chi connectivity index (χ1) is 11.5. The van der Waals surface area contributed by atoms with Gasteiger partial charge in [-0.25, -0.2) is 0 Å². The zero-order chi connectivity index (χ0) is 17.5. The highest BCUT2D eigenvalue weighted by molar-refractivity contribution is 7.59. The van der Waals surface area contributed by atoms with E-state index in [9.17, 15) is 5.11 Å². The van der Waals surface area contributed by atoms with Crippen molar-refractivity contribution < 1.29 is 22.5 Å². The van der Waals surface area contributed by atoms with Crippen LogP contribution in [0.1, 0.15) is 0 Å². The minimum absolute atomic E-state index is 0.304. The van der Waals surface area contributed by atoms with E-state index in [1.165, 1.54) is 0 Å². The Hall–Kier alpha value is -3.06. The second-order valence-electron chi connectivity index (χ2n) is 4.77. The zero-order valence-electron chi connectivity index (χ0n) is 12.8. The van der Waals surface area contributed by atoms with Gasteiger partial charge in [0.1, 0.15) is 11.5 Å². The Morgan fingerprint density at radius 3 is 2.17 bits per heavy atom. The molecular formula is C17H15NO5S. The zero-order valence-corrected chi connectivity index (χ0v) is 13.6. The van der Waals surface area contributed by atoms with Gasteiger partial charge in [-0.15, -0.1) is 12.6 Å². The van der Waals surface area contributed by atoms with Crippen LogP contribution in [0.15, 0.2) is 60.7 Å². The van der Waals surface area contributed by atoms with Crippen LogP contribution in [0.5, 0.6) is 11.5 Å². The number of rotatable bonds is 3. The van der Waals surface area contributed by atoms with Crippen LogP contribution >= 0.6 is 0 Å². The third-order valence-electron chi connectivity index (χ3n) is 3.24. The number of hydrogen-bond donors (Lipinski definition) is 2. The summed E-state index contributed by atoms with van der Waals surface area (Å²) >= 11 is 0. The van der Waals surface area contributed by atoms with E-state index in [1.807, 2.05) is 54.6 Å². The third-order valence-corrected chi connectivity index (χ3v) is 3.24. The Morgan fingerprint density at radius 1 is 0.917 bits per heavy atom. The predicted octanol–water partition coefficient (Wildman–Crippen LogP) is 3.29. The van der Waals surface area contributed by atoms with Crippen LogP contribution in [0.4, 0.5) is 11.4 Å². The lowest BCUT2D eigenvalue weighted by atomic mass is 10.1. The topological polar surface area (TPSA) is 92.7 Å². The van der Waals surface area contributed by atoms with Gasteiger partial charge in [0.2, 0.25) is 0 Å². The monoisotopic (exact) mass is 345 g/mol. The van der Waals surface area contributed by atoms with Crippen molar-refractivity contribution in [1.29, 1.82) is 0 Å². The fourth-order valence-corrected chi connectivity index (χ4v) is 2.19. The van der Waals surface area contributed by atoms with Gasteiger partial charge in [0.15, 0.2) is 0 Å². The molecule has 0 aliphatic carbocycles. The lowest BCUT2D eigenvalue weighted by Gasteiger charge is -2.09. The first-order valence-corrected chi connectivity index (χ1v) is 7.89. The van der Waals surface area contributed by atoms with Gasteiger partial charge in [0.25, 0.3) is 0 Å². The van der Waals surface area contributed by atoms with Crippen molar-refractivity contribution in [1.82, 2.24) is 0 Å². The molecule has 2 N–H and O–H groups in total. The third kappa shape index (κ3) is 4.72. The number of phenols is 1. The standard InChI is InChI=1S/C17H15NO2.O3S/c1-20-15-8-5-13(6-9-15)18-14-7-10-16-12(11-14)3-2-4-17(16)19;1-4(2)3/h2-11,18-19H,1H3;. The predicted molar refractivity (Wildman–Crippen MR) is 91.6 cm³/mol. The fourth-order valence-electron chi connectivity index (χ4n) is 2.19. The number of anilines is 2. The Kier molecular flexibility index (Phi) is 5.75. The van der Waals surface area contributed by atoms with Gasteiger partial charge in [-0.3, -0.25) is 0 Å². The number of hydrogen-bond acceptors (Lipinski definition) is 6. The maximum atomic E-state index is 9.78. The molecule has 124 valence electrons. The Morgan fingerprint density at radius 2 is 1.54 bits per heavy atom. The van der Waals surface area contributed by atoms with Crippen LogP contribution in [-0.4, -0.2) is 24.8 Å². The van der Waals surface area contributed by atoms with Crippen molar-refractivity contribution in [2.24, 2.45) is 0 Å². The largest absolute Gasteiger partial charge is 0.507 e. The molecule has 6 nitrogen and oxygen atoms in total. The SMILES string of the molecule is COc1ccc(Nc2ccc3c(O)cccc3c2)cc1.O=S(=O)=O. The van der Waals surface area contributed by atoms with E-state index < -0.39 is 10.6 Å². The van der Waals surface area contributed by atoms with Crippen LogP contribution in [0.2, 0.25) is 0 Å². The molecule has 0 bridgehead atoms. The first kappa shape index (κ1) is 17.3. The van der Waals surface area contributed by atoms with Crippen LogP contribution in [0.25, 0.3) is 10.8 Å². The molecule has 0 aromatic heterocycles. The second-order valence-corrected chi connectivity index (χ2v) is 5.18. The van der Waals surface area contributed by atoms with Gasteiger partial charge in [-0.2, -0.15) is 0 Å². The van der Waals surface area contributed by atoms with Crippen LogP contribution in [0, 0.1) is 0 Å². The number of phenolic OH excluding ortho intramolecular Hbond substituents is 1. The number of ether oxygens (including phenoxy) is 1. The molecule has 3 aromatic rings. The van der Waals surface area contributed by atoms with Crippen LogP contribution < -0.4 is 10.1 Å². The molecule has 0 saturated heterocycles. The Balaban J connectivity index is 0.000000471. The minimum Gasteiger partial charge on any atom is -0.507 e. The molecule has 0 spiro atoms. The molecule has 3 rings (SSSR count). The van der Waals surface area contributed by atoms with E-state index in [-0.39, 0.29) is 0 Å². The summed E-state index contributed by atoms with van der Waals surface area (Å²) < 4.78 is 30.5. The average molecular weight is 345 g/mol. The summed E-state index contributed by atoms with van der Waals surface area (Å²) in [7, 11) is -1.46. The lowest BCUT2D eigenvalue weighted by molar-refractivity contribution is 0.415. The normalized spacial score (nSPS) is 9.71. The maximum Gasteiger partial charge on any atom is 0.425 e. The summed E-state index contributed by atoms with van der Waals surface area (Å²) in [5, 5.41) is 15.0. The van der Waals surface area contributed by atoms with Crippen molar-refractivity contribution in [2.45, 2.75) is 0 Å². The first-order valence-electron chi connectivity index (χ1n) is 6.89. The van der Waals surface area contributed by atoms with E-state index in [4.69, 9.17) is 17.4 Å². The summed E-state index contributed by atoms with van der Waals surface area (Å²) in [4.78, 5) is 0. The molecule has 0 radical (unpaired) electrons. The molecule has 0 aliphatic heterocycles. The van der Waals surface area contributed by atoms with Crippen LogP contribution in [0.3, 0.4) is 0 Å². The van der Waals surface area contributed by atoms with Gasteiger partial charge in [-0.1, -0.05) is 12.1 Å². The minimum atomic E-state index is -3.11. The molecule has 0 fully saturated rings. The van der Waals surface area contributed by atoms with Crippen molar-refractivity contribution in [3.8, 4) is 11.5 Å². The van der Waals surface area contributed by atoms with Gasteiger partial charge >= 0.3 is 10.6 Å². The molecule has 0 aliphatic rings. The Labute approximate surface area is 140 Å². The number of fused-ring (bicyclic) bond motifs is 1. The molecule has 0 atom stereocenters. The van der Waals surface area contributed by atoms with Gasteiger partial charge in [-0.05, 0) is 53.9 Å². The molecule has 0 amide bonds. The quantitative estimate of drug-likeness (QED) is 0.757. The highest BCUT2D eigenvalue weighted by atomic mass is 32.2. The highest BCUT2D eigenvalue weighted by Crippen LogP contribution is 2.28. The summed E-state index contributed by atoms with van der Waals surface area (Å²) in [6.45, 7) is 0. The lowest BCUT2D eigenvalue weighted by Crippen LogP contribution is -1.90. The molecule has 7 heteroatoms. The van der Waals surface area contributed by atoms with Crippen molar-refractivity contribution in [2.75, 3.05) is 12.4 Å². The van der Waals surface area contributed by atoms with Crippen molar-refractivity contribution in [3.05, 3.63) is 60.7 Å². The van der Waals surface area contributed by atoms with E-state index in [0.29, 0.717) is 5.75 Å². The van der Waals surface area contributed by atoms with E-state index >= 15 is 0 Å². The van der Waals surface area contributed by atoms with Gasteiger partial charge < -0.3 is 15.2 Å². The van der Waals surface area contributed by atoms with Crippen molar-refractivity contribution in [3.63, 3.8) is 0 Å². The van der Waals surface area contributed by atoms with Gasteiger partial charge in [0.05, 0.1) is 7.11 Å². The summed E-state index contributed by atoms with van der Waals surface area (Å²) in [6.07, 6.45) is 0. The van der Waals surface area contributed by atoms with Crippen LogP contribution in [-0.2, 0) is 10.6 Å². The van der Waals surface area contributed by atoms with E-state index in [1.54, 1.807) is 13.2 Å². The summed E-state index contributed by atoms with van der Waals surface area (Å²) in [5.74, 6) is 1.14. The highest BCUT2D eigenvalue weighted by Gasteiger charge is 2.01. The number of nitrogens with one attached hydrogen (secondary N) is 1. The molecule has 0 unspecified atom stereocenters. The average Bonchev–Trinajstić information content (AvgIpc) is 2.55. The molecule has 0 heterocycles. The molecular weight excluding hydrogens is 330 g/mol. The number of benzene rings is 3. The van der Waals surface area contributed by atoms with Gasteiger partial charge in [0, 0.05) is 16.8 Å². The number of methoxy groups -OCH3 is 1. The van der Waals surface area contributed by atoms with Crippen molar-refractivity contribution >= 4 is 32.8 Å². The fraction of sp³-hybridized carbons (Fsp3) is 0.0588. The molecule has 0 saturated carbocycles. The molecule has 24 heavy (non-hydrogen) atoms. The molecule has 3 aromatic carbocycles. The van der Waals surface area contributed by atoms with E-state index in [0.717, 1.165) is 27.9 Å². The maximum absolute atomic E-state index is 9.78. The second kappa shape index (κ2) is 7.98. The van der Waals surface area contributed by atoms with E-state index in [2.05, 4.69) is 5.32 Å².